The highest BCUT2D eigenvalue weighted by Gasteiger charge is 2.35. The summed E-state index contributed by atoms with van der Waals surface area (Å²) in [4.78, 5) is 23.0. The van der Waals surface area contributed by atoms with Gasteiger partial charge in [-0.05, 0) is 37.5 Å². The molecule has 0 radical (unpaired) electrons. The topological polar surface area (TPSA) is 84.9 Å². The molecule has 0 saturated carbocycles. The number of aliphatic carboxylic acids is 1. The highest BCUT2D eigenvalue weighted by molar-refractivity contribution is 9.10. The van der Waals surface area contributed by atoms with Gasteiger partial charge >= 0.3 is 5.97 Å². The summed E-state index contributed by atoms with van der Waals surface area (Å²) in [6.07, 6.45) is -0.933. The Morgan fingerprint density at radius 2 is 2.05 bits per heavy atom. The van der Waals surface area contributed by atoms with Crippen LogP contribution >= 0.6 is 15.9 Å². The van der Waals surface area contributed by atoms with Crippen molar-refractivity contribution in [1.82, 2.24) is 0 Å². The van der Waals surface area contributed by atoms with Crippen molar-refractivity contribution in [3.63, 3.8) is 0 Å². The van der Waals surface area contributed by atoms with Gasteiger partial charge in [-0.1, -0.05) is 15.9 Å². The van der Waals surface area contributed by atoms with Crippen LogP contribution in [0.5, 0.6) is 5.75 Å². The third kappa shape index (κ3) is 3.54. The SMILES string of the molecule is COc1cc(Br)cc(C)c1NC(=O)[C@@H]1CC[C@H](C(=O)O)O1. The van der Waals surface area contributed by atoms with Gasteiger partial charge in [0.15, 0.2) is 6.10 Å². The number of hydrogen-bond donors (Lipinski definition) is 2. The fourth-order valence-electron chi connectivity index (χ4n) is 2.25. The molecule has 1 aliphatic rings. The van der Waals surface area contributed by atoms with E-state index < -0.39 is 18.2 Å². The van der Waals surface area contributed by atoms with Gasteiger partial charge in [-0.25, -0.2) is 4.79 Å². The fourth-order valence-corrected chi connectivity index (χ4v) is 2.80. The summed E-state index contributed by atoms with van der Waals surface area (Å²) in [5.41, 5.74) is 1.40. The Balaban J connectivity index is 2.12. The summed E-state index contributed by atoms with van der Waals surface area (Å²) < 4.78 is 11.3. The van der Waals surface area contributed by atoms with Gasteiger partial charge in [0.25, 0.3) is 5.91 Å². The summed E-state index contributed by atoms with van der Waals surface area (Å²) in [5, 5.41) is 11.6. The smallest absolute Gasteiger partial charge is 0.332 e. The van der Waals surface area contributed by atoms with E-state index in [0.717, 1.165) is 10.0 Å². The molecule has 0 unspecified atom stereocenters. The van der Waals surface area contributed by atoms with E-state index in [0.29, 0.717) is 24.3 Å². The first-order valence-electron chi connectivity index (χ1n) is 6.45. The Labute approximate surface area is 130 Å². The van der Waals surface area contributed by atoms with Crippen LogP contribution in [-0.4, -0.2) is 36.3 Å². The molecule has 2 atom stereocenters. The molecule has 7 heteroatoms. The second-order valence-electron chi connectivity index (χ2n) is 4.82. The van der Waals surface area contributed by atoms with E-state index in [9.17, 15) is 9.59 Å². The number of carboxylic acids is 1. The van der Waals surface area contributed by atoms with Gasteiger partial charge in [0.05, 0.1) is 12.8 Å². The number of rotatable bonds is 4. The molecular formula is C14H16BrNO5. The lowest BCUT2D eigenvalue weighted by molar-refractivity contribution is -0.150. The number of carbonyl (C=O) groups excluding carboxylic acids is 1. The molecule has 1 fully saturated rings. The monoisotopic (exact) mass is 357 g/mol. The molecule has 0 aromatic heterocycles. The standard InChI is InChI=1S/C14H16BrNO5/c1-7-5-8(15)6-11(20-2)12(7)16-13(17)9-3-4-10(21-9)14(18)19/h5-6,9-10H,3-4H2,1-2H3,(H,16,17)(H,18,19)/t9-,10+/m0/s1. The van der Waals surface area contributed by atoms with Gasteiger partial charge in [-0.2, -0.15) is 0 Å². The Bertz CT molecular complexity index is 575. The second-order valence-corrected chi connectivity index (χ2v) is 5.73. The van der Waals surface area contributed by atoms with Crippen LogP contribution in [0.15, 0.2) is 16.6 Å². The molecule has 0 aliphatic carbocycles. The largest absolute Gasteiger partial charge is 0.495 e. The zero-order valence-corrected chi connectivity index (χ0v) is 13.3. The van der Waals surface area contributed by atoms with Crippen molar-refractivity contribution in [2.75, 3.05) is 12.4 Å². The van der Waals surface area contributed by atoms with Crippen LogP contribution in [0.3, 0.4) is 0 Å². The van der Waals surface area contributed by atoms with Gasteiger partial charge in [-0.15, -0.1) is 0 Å². The van der Waals surface area contributed by atoms with Crippen molar-refractivity contribution in [1.29, 1.82) is 0 Å². The molecule has 1 aliphatic heterocycles. The van der Waals surface area contributed by atoms with E-state index in [1.54, 1.807) is 6.07 Å². The molecule has 1 heterocycles. The number of carboxylic acid groups (broad SMARTS) is 1. The van der Waals surface area contributed by atoms with Crippen LogP contribution in [0, 0.1) is 6.92 Å². The maximum Gasteiger partial charge on any atom is 0.332 e. The Morgan fingerprint density at radius 3 is 2.62 bits per heavy atom. The van der Waals surface area contributed by atoms with Crippen molar-refractivity contribution in [3.8, 4) is 5.75 Å². The minimum absolute atomic E-state index is 0.337. The quantitative estimate of drug-likeness (QED) is 0.863. The average molecular weight is 358 g/mol. The Kier molecular flexibility index (Phi) is 4.84. The van der Waals surface area contributed by atoms with Crippen LogP contribution in [0.2, 0.25) is 0 Å². The molecule has 0 bridgehead atoms. The fraction of sp³-hybridized carbons (Fsp3) is 0.429. The third-order valence-corrected chi connectivity index (χ3v) is 3.78. The van der Waals surface area contributed by atoms with Crippen LogP contribution in [0.1, 0.15) is 18.4 Å². The molecule has 2 N–H and O–H groups in total. The van der Waals surface area contributed by atoms with Crippen LogP contribution < -0.4 is 10.1 Å². The maximum atomic E-state index is 12.2. The highest BCUT2D eigenvalue weighted by Crippen LogP contribution is 2.33. The molecule has 1 aromatic carbocycles. The third-order valence-electron chi connectivity index (χ3n) is 3.32. The number of ether oxygens (including phenoxy) is 2. The normalized spacial score (nSPS) is 21.1. The van der Waals surface area contributed by atoms with Crippen molar-refractivity contribution in [3.05, 3.63) is 22.2 Å². The van der Waals surface area contributed by atoms with E-state index in [-0.39, 0.29) is 5.91 Å². The number of methoxy groups -OCH3 is 1. The van der Waals surface area contributed by atoms with E-state index in [2.05, 4.69) is 21.2 Å². The van der Waals surface area contributed by atoms with Crippen LogP contribution in [0.25, 0.3) is 0 Å². The number of amides is 1. The minimum Gasteiger partial charge on any atom is -0.495 e. The molecule has 1 amide bonds. The summed E-state index contributed by atoms with van der Waals surface area (Å²) >= 11 is 3.36. The van der Waals surface area contributed by atoms with Crippen LogP contribution in [-0.2, 0) is 14.3 Å². The predicted octanol–water partition coefficient (Wildman–Crippen LogP) is 2.34. The zero-order valence-electron chi connectivity index (χ0n) is 11.7. The molecule has 0 spiro atoms. The number of nitrogens with one attached hydrogen (secondary N) is 1. The Morgan fingerprint density at radius 1 is 1.38 bits per heavy atom. The first-order chi connectivity index (χ1) is 9.92. The molecular weight excluding hydrogens is 342 g/mol. The second kappa shape index (κ2) is 6.44. The van der Waals surface area contributed by atoms with Gasteiger partial charge in [0, 0.05) is 4.47 Å². The number of benzene rings is 1. The molecule has 1 aromatic rings. The molecule has 6 nitrogen and oxygen atoms in total. The van der Waals surface area contributed by atoms with Crippen molar-refractivity contribution >= 4 is 33.5 Å². The maximum absolute atomic E-state index is 12.2. The van der Waals surface area contributed by atoms with Crippen LogP contribution in [0.4, 0.5) is 5.69 Å². The van der Waals surface area contributed by atoms with Gasteiger partial charge in [0.2, 0.25) is 0 Å². The lowest BCUT2D eigenvalue weighted by Crippen LogP contribution is -2.30. The number of aryl methyl sites for hydroxylation is 1. The van der Waals surface area contributed by atoms with Crippen molar-refractivity contribution < 1.29 is 24.2 Å². The predicted molar refractivity (Wildman–Crippen MR) is 79.6 cm³/mol. The molecule has 21 heavy (non-hydrogen) atoms. The summed E-state index contributed by atoms with van der Waals surface area (Å²) in [5.74, 6) is -0.867. The van der Waals surface area contributed by atoms with E-state index in [1.807, 2.05) is 13.0 Å². The lowest BCUT2D eigenvalue weighted by atomic mass is 10.1. The van der Waals surface area contributed by atoms with E-state index in [4.69, 9.17) is 14.6 Å². The summed E-state index contributed by atoms with van der Waals surface area (Å²) in [7, 11) is 1.52. The average Bonchev–Trinajstić information content (AvgIpc) is 2.91. The summed E-state index contributed by atoms with van der Waals surface area (Å²) in [6.45, 7) is 1.85. The summed E-state index contributed by atoms with van der Waals surface area (Å²) in [6, 6.07) is 3.60. The number of halogens is 1. The Hall–Kier alpha value is -1.60. The number of hydrogen-bond acceptors (Lipinski definition) is 4. The number of anilines is 1. The molecule has 114 valence electrons. The van der Waals surface area contributed by atoms with Gasteiger partial charge < -0.3 is 19.9 Å². The number of carbonyl (C=O) groups is 2. The molecule has 2 rings (SSSR count). The van der Waals surface area contributed by atoms with Gasteiger partial charge in [0.1, 0.15) is 11.9 Å². The molecule has 1 saturated heterocycles. The van der Waals surface area contributed by atoms with Crippen molar-refractivity contribution in [2.45, 2.75) is 32.0 Å². The highest BCUT2D eigenvalue weighted by atomic mass is 79.9. The van der Waals surface area contributed by atoms with E-state index >= 15 is 0 Å². The van der Waals surface area contributed by atoms with Crippen molar-refractivity contribution in [2.24, 2.45) is 0 Å². The minimum atomic E-state index is -1.04. The lowest BCUT2D eigenvalue weighted by Gasteiger charge is -2.16. The zero-order chi connectivity index (χ0) is 15.6. The first-order valence-corrected chi connectivity index (χ1v) is 7.25. The van der Waals surface area contributed by atoms with E-state index in [1.165, 1.54) is 7.11 Å². The van der Waals surface area contributed by atoms with Gasteiger partial charge in [-0.3, -0.25) is 4.79 Å². The first kappa shape index (κ1) is 15.8.